The topological polar surface area (TPSA) is 44.0 Å². The van der Waals surface area contributed by atoms with E-state index in [0.717, 1.165) is 41.7 Å². The summed E-state index contributed by atoms with van der Waals surface area (Å²) in [7, 11) is 1.95. The Kier molecular flexibility index (Phi) is 3.64. The van der Waals surface area contributed by atoms with Crippen molar-refractivity contribution in [3.63, 3.8) is 0 Å². The molecular weight excluding hydrogens is 320 g/mol. The molecule has 0 atom stereocenters. The molecule has 4 rings (SSSR count). The van der Waals surface area contributed by atoms with Gasteiger partial charge in [0, 0.05) is 18.8 Å². The standard InChI is InChI=1S/C19H22N2O2S/c1-11(2)14-10-15-16(18(23)21(14)12-6-4-5-7-12)17(22)13-8-9-24-19(13)20(15)3/h8-12H,4-7H2,1-3H3. The van der Waals surface area contributed by atoms with Crippen LogP contribution in [0.5, 0.6) is 0 Å². The minimum Gasteiger partial charge on any atom is -0.335 e. The van der Waals surface area contributed by atoms with E-state index < -0.39 is 0 Å². The van der Waals surface area contributed by atoms with Crippen molar-refractivity contribution in [2.45, 2.75) is 51.5 Å². The highest BCUT2D eigenvalue weighted by atomic mass is 32.1. The molecule has 0 N–H and O–H groups in total. The average molecular weight is 342 g/mol. The molecular formula is C19H22N2O2S. The van der Waals surface area contributed by atoms with E-state index in [0.29, 0.717) is 10.8 Å². The van der Waals surface area contributed by atoms with E-state index in [1.54, 1.807) is 11.3 Å². The van der Waals surface area contributed by atoms with Gasteiger partial charge in [-0.25, -0.2) is 0 Å². The van der Waals surface area contributed by atoms with E-state index >= 15 is 0 Å². The summed E-state index contributed by atoms with van der Waals surface area (Å²) in [5, 5.41) is 2.92. The lowest BCUT2D eigenvalue weighted by Gasteiger charge is -2.23. The van der Waals surface area contributed by atoms with Crippen molar-refractivity contribution in [1.82, 2.24) is 9.13 Å². The van der Waals surface area contributed by atoms with Crippen LogP contribution >= 0.6 is 11.3 Å². The third-order valence-corrected chi connectivity index (χ3v) is 6.30. The number of pyridine rings is 2. The summed E-state index contributed by atoms with van der Waals surface area (Å²) in [4.78, 5) is 27.2. The van der Waals surface area contributed by atoms with Crippen molar-refractivity contribution < 1.29 is 0 Å². The Morgan fingerprint density at radius 1 is 1.21 bits per heavy atom. The maximum atomic E-state index is 13.3. The molecule has 1 fully saturated rings. The Morgan fingerprint density at radius 2 is 1.92 bits per heavy atom. The first kappa shape index (κ1) is 15.6. The average Bonchev–Trinajstić information content (AvgIpc) is 3.23. The zero-order valence-electron chi connectivity index (χ0n) is 14.3. The van der Waals surface area contributed by atoms with E-state index in [-0.39, 0.29) is 22.9 Å². The van der Waals surface area contributed by atoms with E-state index in [1.165, 1.54) is 0 Å². The van der Waals surface area contributed by atoms with Crippen LogP contribution in [0.2, 0.25) is 0 Å². The predicted octanol–water partition coefficient (Wildman–Crippen LogP) is 4.15. The predicted molar refractivity (Wildman–Crippen MR) is 100 cm³/mol. The molecule has 0 spiro atoms. The summed E-state index contributed by atoms with van der Waals surface area (Å²) in [6, 6.07) is 4.14. The molecule has 4 nitrogen and oxygen atoms in total. The summed E-state index contributed by atoms with van der Waals surface area (Å²) < 4.78 is 3.93. The SMILES string of the molecule is CC(C)c1cc2c(c(=O)c3ccsc3n2C)c(=O)n1C1CCCC1. The van der Waals surface area contributed by atoms with Gasteiger partial charge in [-0.3, -0.25) is 9.59 Å². The largest absolute Gasteiger partial charge is 0.335 e. The third kappa shape index (κ3) is 2.10. The lowest BCUT2D eigenvalue weighted by Crippen LogP contribution is -2.31. The molecule has 1 saturated carbocycles. The lowest BCUT2D eigenvalue weighted by atomic mass is 10.0. The summed E-state index contributed by atoms with van der Waals surface area (Å²) in [6.45, 7) is 4.24. The van der Waals surface area contributed by atoms with Crippen molar-refractivity contribution in [3.05, 3.63) is 43.8 Å². The lowest BCUT2D eigenvalue weighted by molar-refractivity contribution is 0.476. The fourth-order valence-corrected chi connectivity index (χ4v) is 4.95. The Labute approximate surface area is 144 Å². The number of hydrogen-bond donors (Lipinski definition) is 0. The monoisotopic (exact) mass is 342 g/mol. The van der Waals surface area contributed by atoms with E-state index in [1.807, 2.05) is 27.6 Å². The van der Waals surface area contributed by atoms with Crippen molar-refractivity contribution in [2.75, 3.05) is 0 Å². The highest BCUT2D eigenvalue weighted by molar-refractivity contribution is 7.16. The number of thiophene rings is 1. The van der Waals surface area contributed by atoms with Crippen LogP contribution in [0.15, 0.2) is 27.1 Å². The molecule has 0 bridgehead atoms. The van der Waals surface area contributed by atoms with Gasteiger partial charge in [0.2, 0.25) is 5.43 Å². The van der Waals surface area contributed by atoms with Gasteiger partial charge < -0.3 is 9.13 Å². The van der Waals surface area contributed by atoms with Crippen LogP contribution in [0.1, 0.15) is 57.2 Å². The van der Waals surface area contributed by atoms with Crippen molar-refractivity contribution in [2.24, 2.45) is 7.05 Å². The maximum absolute atomic E-state index is 13.3. The van der Waals surface area contributed by atoms with Crippen LogP contribution in [0, 0.1) is 0 Å². The fraction of sp³-hybridized carbons (Fsp3) is 0.474. The minimum atomic E-state index is -0.119. The molecule has 5 heteroatoms. The van der Waals surface area contributed by atoms with Crippen LogP contribution in [-0.4, -0.2) is 9.13 Å². The molecule has 0 aromatic carbocycles. The number of aryl methyl sites for hydroxylation is 1. The van der Waals surface area contributed by atoms with Crippen LogP contribution < -0.4 is 11.0 Å². The number of rotatable bonds is 2. The van der Waals surface area contributed by atoms with Gasteiger partial charge >= 0.3 is 0 Å². The minimum absolute atomic E-state index is 0.100. The highest BCUT2D eigenvalue weighted by Crippen LogP contribution is 2.32. The normalized spacial score (nSPS) is 16.0. The van der Waals surface area contributed by atoms with E-state index in [9.17, 15) is 9.59 Å². The Morgan fingerprint density at radius 3 is 2.58 bits per heavy atom. The third-order valence-electron chi connectivity index (χ3n) is 5.32. The van der Waals surface area contributed by atoms with Crippen LogP contribution in [0.25, 0.3) is 21.1 Å². The molecule has 1 aliphatic carbocycles. The second-order valence-electron chi connectivity index (χ2n) is 7.13. The van der Waals surface area contributed by atoms with Gasteiger partial charge in [-0.1, -0.05) is 26.7 Å². The fourth-order valence-electron chi connectivity index (χ4n) is 4.07. The Balaban J connectivity index is 2.20. The van der Waals surface area contributed by atoms with E-state index in [2.05, 4.69) is 19.9 Å². The smallest absolute Gasteiger partial charge is 0.264 e. The molecule has 0 unspecified atom stereocenters. The van der Waals surface area contributed by atoms with Crippen molar-refractivity contribution in [1.29, 1.82) is 0 Å². The first-order valence-corrected chi connectivity index (χ1v) is 9.54. The molecule has 0 radical (unpaired) electrons. The molecule has 0 amide bonds. The molecule has 3 heterocycles. The first-order valence-electron chi connectivity index (χ1n) is 8.66. The molecule has 126 valence electrons. The van der Waals surface area contributed by atoms with Gasteiger partial charge in [0.1, 0.15) is 10.2 Å². The van der Waals surface area contributed by atoms with Gasteiger partial charge in [0.05, 0.1) is 10.9 Å². The van der Waals surface area contributed by atoms with Crippen molar-refractivity contribution >= 4 is 32.5 Å². The summed E-state index contributed by atoms with van der Waals surface area (Å²) in [5.74, 6) is 0.247. The molecule has 3 aromatic rings. The number of aromatic nitrogens is 2. The number of fused-ring (bicyclic) bond motifs is 2. The van der Waals surface area contributed by atoms with Gasteiger partial charge in [0.25, 0.3) is 5.56 Å². The van der Waals surface area contributed by atoms with Crippen LogP contribution in [-0.2, 0) is 7.05 Å². The maximum Gasteiger partial charge on any atom is 0.264 e. The molecule has 24 heavy (non-hydrogen) atoms. The Bertz CT molecular complexity index is 1050. The number of nitrogens with zero attached hydrogens (tertiary/aromatic N) is 2. The molecule has 1 aliphatic rings. The zero-order chi connectivity index (χ0) is 17.0. The summed E-state index contributed by atoms with van der Waals surface area (Å²) in [5.41, 5.74) is 1.59. The quantitative estimate of drug-likeness (QED) is 0.702. The molecule has 0 aliphatic heterocycles. The van der Waals surface area contributed by atoms with Gasteiger partial charge in [-0.05, 0) is 36.3 Å². The molecule has 3 aromatic heterocycles. The Hall–Kier alpha value is -1.88. The zero-order valence-corrected chi connectivity index (χ0v) is 15.2. The summed E-state index contributed by atoms with van der Waals surface area (Å²) >= 11 is 1.55. The second kappa shape index (κ2) is 5.59. The van der Waals surface area contributed by atoms with Gasteiger partial charge in [-0.15, -0.1) is 11.3 Å². The first-order chi connectivity index (χ1) is 11.5. The van der Waals surface area contributed by atoms with Gasteiger partial charge in [0.15, 0.2) is 0 Å². The summed E-state index contributed by atoms with van der Waals surface area (Å²) in [6.07, 6.45) is 4.39. The highest BCUT2D eigenvalue weighted by Gasteiger charge is 2.25. The van der Waals surface area contributed by atoms with Crippen molar-refractivity contribution in [3.8, 4) is 0 Å². The van der Waals surface area contributed by atoms with Crippen LogP contribution in [0.4, 0.5) is 0 Å². The van der Waals surface area contributed by atoms with E-state index in [4.69, 9.17) is 0 Å². The van der Waals surface area contributed by atoms with Gasteiger partial charge in [-0.2, -0.15) is 0 Å². The molecule has 0 saturated heterocycles. The second-order valence-corrected chi connectivity index (χ2v) is 8.02. The van der Waals surface area contributed by atoms with Crippen LogP contribution in [0.3, 0.4) is 0 Å². The number of hydrogen-bond acceptors (Lipinski definition) is 3.